The van der Waals surface area contributed by atoms with Gasteiger partial charge in [-0.05, 0) is 44.0 Å². The van der Waals surface area contributed by atoms with Crippen LogP contribution in [0.15, 0.2) is 30.3 Å². The molecule has 0 atom stereocenters. The third kappa shape index (κ3) is 2.09. The zero-order valence-electron chi connectivity index (χ0n) is 11.6. The minimum Gasteiger partial charge on any atom is -0.497 e. The van der Waals surface area contributed by atoms with Crippen molar-refractivity contribution in [2.75, 3.05) is 14.2 Å². The van der Waals surface area contributed by atoms with E-state index in [4.69, 9.17) is 9.47 Å². The molecule has 0 spiro atoms. The van der Waals surface area contributed by atoms with Crippen LogP contribution in [0.1, 0.15) is 24.6 Å². The topological polar surface area (TPSA) is 23.4 Å². The van der Waals surface area contributed by atoms with Crippen LogP contribution in [-0.2, 0) is 0 Å². The van der Waals surface area contributed by atoms with E-state index in [1.807, 2.05) is 12.1 Å². The third-order valence-electron chi connectivity index (χ3n) is 3.72. The molecule has 100 valence electrons. The van der Waals surface area contributed by atoms with Gasteiger partial charge in [0.05, 0.1) is 19.9 Å². The van der Waals surface area contributed by atoms with Crippen molar-refractivity contribution < 1.29 is 9.47 Å². The van der Waals surface area contributed by atoms with Gasteiger partial charge in [0.25, 0.3) is 0 Å². The molecule has 1 heterocycles. The maximum atomic E-state index is 5.51. The quantitative estimate of drug-likeness (QED) is 0.831. The van der Waals surface area contributed by atoms with Crippen LogP contribution in [0, 0.1) is 6.92 Å². The number of hydrogen-bond acceptors (Lipinski definition) is 2. The minimum atomic E-state index is 0.664. The number of benzene rings is 1. The molecule has 1 aliphatic rings. The van der Waals surface area contributed by atoms with Crippen LogP contribution in [0.25, 0.3) is 11.3 Å². The Morgan fingerprint density at radius 3 is 2.47 bits per heavy atom. The van der Waals surface area contributed by atoms with E-state index in [-0.39, 0.29) is 0 Å². The van der Waals surface area contributed by atoms with Gasteiger partial charge in [0.1, 0.15) is 11.5 Å². The van der Waals surface area contributed by atoms with Crippen LogP contribution in [0.4, 0.5) is 0 Å². The van der Waals surface area contributed by atoms with Crippen molar-refractivity contribution in [1.82, 2.24) is 4.57 Å². The minimum absolute atomic E-state index is 0.664. The molecule has 0 aliphatic heterocycles. The SMILES string of the molecule is COc1ccc(-c2ccc(C)n2C2CC2)c(OC)c1. The fourth-order valence-corrected chi connectivity index (χ4v) is 2.60. The van der Waals surface area contributed by atoms with Crippen molar-refractivity contribution in [3.8, 4) is 22.8 Å². The monoisotopic (exact) mass is 257 g/mol. The van der Waals surface area contributed by atoms with Gasteiger partial charge in [-0.1, -0.05) is 0 Å². The lowest BCUT2D eigenvalue weighted by Gasteiger charge is -2.14. The molecule has 1 saturated carbocycles. The number of ether oxygens (including phenoxy) is 2. The molecule has 0 unspecified atom stereocenters. The number of hydrogen-bond donors (Lipinski definition) is 0. The number of rotatable bonds is 4. The second-order valence-corrected chi connectivity index (χ2v) is 5.03. The largest absolute Gasteiger partial charge is 0.497 e. The first kappa shape index (κ1) is 12.2. The predicted octanol–water partition coefficient (Wildman–Crippen LogP) is 3.82. The molecule has 1 aromatic carbocycles. The summed E-state index contributed by atoms with van der Waals surface area (Å²) >= 11 is 0. The predicted molar refractivity (Wildman–Crippen MR) is 76.0 cm³/mol. The summed E-state index contributed by atoms with van der Waals surface area (Å²) in [5, 5.41) is 0. The highest BCUT2D eigenvalue weighted by Crippen LogP contribution is 2.42. The molecule has 0 amide bonds. The Morgan fingerprint density at radius 1 is 1.05 bits per heavy atom. The second-order valence-electron chi connectivity index (χ2n) is 5.03. The molecule has 1 fully saturated rings. The van der Waals surface area contributed by atoms with E-state index in [2.05, 4.69) is 29.7 Å². The Hall–Kier alpha value is -1.90. The first-order chi connectivity index (χ1) is 9.24. The second kappa shape index (κ2) is 4.65. The van der Waals surface area contributed by atoms with E-state index in [1.165, 1.54) is 24.2 Å². The van der Waals surface area contributed by atoms with Gasteiger partial charge >= 0.3 is 0 Å². The molecular formula is C16H19NO2. The lowest BCUT2D eigenvalue weighted by molar-refractivity contribution is 0.395. The van der Waals surface area contributed by atoms with Crippen molar-refractivity contribution in [3.63, 3.8) is 0 Å². The average Bonchev–Trinajstić information content (AvgIpc) is 3.21. The number of aromatic nitrogens is 1. The van der Waals surface area contributed by atoms with E-state index >= 15 is 0 Å². The first-order valence-electron chi connectivity index (χ1n) is 6.65. The van der Waals surface area contributed by atoms with Crippen LogP contribution in [0.2, 0.25) is 0 Å². The summed E-state index contributed by atoms with van der Waals surface area (Å²) in [5.41, 5.74) is 3.68. The van der Waals surface area contributed by atoms with Gasteiger partial charge in [0, 0.05) is 23.4 Å². The molecular weight excluding hydrogens is 238 g/mol. The lowest BCUT2D eigenvalue weighted by Crippen LogP contribution is -2.00. The maximum Gasteiger partial charge on any atom is 0.131 e. The third-order valence-corrected chi connectivity index (χ3v) is 3.72. The van der Waals surface area contributed by atoms with Crippen LogP contribution in [0.5, 0.6) is 11.5 Å². The van der Waals surface area contributed by atoms with Crippen LogP contribution in [0.3, 0.4) is 0 Å². The molecule has 1 aliphatic carbocycles. The van der Waals surface area contributed by atoms with E-state index in [9.17, 15) is 0 Å². The molecule has 0 bridgehead atoms. The molecule has 3 heteroatoms. The van der Waals surface area contributed by atoms with Crippen molar-refractivity contribution >= 4 is 0 Å². The summed E-state index contributed by atoms with van der Waals surface area (Å²) in [6, 6.07) is 11.0. The van der Waals surface area contributed by atoms with E-state index in [1.54, 1.807) is 14.2 Å². The molecule has 19 heavy (non-hydrogen) atoms. The number of nitrogens with zero attached hydrogens (tertiary/aromatic N) is 1. The molecule has 0 radical (unpaired) electrons. The molecule has 3 nitrogen and oxygen atoms in total. The molecule has 3 rings (SSSR count). The van der Waals surface area contributed by atoms with Crippen molar-refractivity contribution in [3.05, 3.63) is 36.0 Å². The summed E-state index contributed by atoms with van der Waals surface area (Å²) in [7, 11) is 3.38. The maximum absolute atomic E-state index is 5.51. The Morgan fingerprint density at radius 2 is 1.84 bits per heavy atom. The summed E-state index contributed by atoms with van der Waals surface area (Å²) in [6.45, 7) is 2.16. The van der Waals surface area contributed by atoms with Gasteiger partial charge < -0.3 is 14.0 Å². The number of methoxy groups -OCH3 is 2. The summed E-state index contributed by atoms with van der Waals surface area (Å²) in [4.78, 5) is 0. The van der Waals surface area contributed by atoms with Crippen molar-refractivity contribution in [2.45, 2.75) is 25.8 Å². The van der Waals surface area contributed by atoms with Gasteiger partial charge in [-0.25, -0.2) is 0 Å². The van der Waals surface area contributed by atoms with Crippen molar-refractivity contribution in [2.24, 2.45) is 0 Å². The van der Waals surface area contributed by atoms with Gasteiger partial charge in [-0.3, -0.25) is 0 Å². The first-order valence-corrected chi connectivity index (χ1v) is 6.65. The Balaban J connectivity index is 2.11. The van der Waals surface area contributed by atoms with Crippen LogP contribution >= 0.6 is 0 Å². The standard InChI is InChI=1S/C16H19NO2/c1-11-4-9-15(17(11)12-5-6-12)14-8-7-13(18-2)10-16(14)19-3/h4,7-10,12H,5-6H2,1-3H3. The van der Waals surface area contributed by atoms with E-state index < -0.39 is 0 Å². The zero-order chi connectivity index (χ0) is 13.4. The Bertz CT molecular complexity index is 597. The Labute approximate surface area is 113 Å². The smallest absolute Gasteiger partial charge is 0.131 e. The van der Waals surface area contributed by atoms with E-state index in [0.717, 1.165) is 17.1 Å². The summed E-state index contributed by atoms with van der Waals surface area (Å²) < 4.78 is 13.2. The summed E-state index contributed by atoms with van der Waals surface area (Å²) in [6.07, 6.45) is 2.56. The highest BCUT2D eigenvalue weighted by molar-refractivity contribution is 5.70. The fourth-order valence-electron chi connectivity index (χ4n) is 2.60. The molecule has 0 N–H and O–H groups in total. The molecule has 0 saturated heterocycles. The highest BCUT2D eigenvalue weighted by Gasteiger charge is 2.27. The fraction of sp³-hybridized carbons (Fsp3) is 0.375. The van der Waals surface area contributed by atoms with Gasteiger partial charge in [-0.2, -0.15) is 0 Å². The Kier molecular flexibility index (Phi) is 2.97. The van der Waals surface area contributed by atoms with Crippen LogP contribution < -0.4 is 9.47 Å². The molecule has 1 aromatic heterocycles. The lowest BCUT2D eigenvalue weighted by atomic mass is 10.1. The van der Waals surface area contributed by atoms with Crippen LogP contribution in [-0.4, -0.2) is 18.8 Å². The summed E-state index contributed by atoms with van der Waals surface area (Å²) in [5.74, 6) is 1.68. The van der Waals surface area contributed by atoms with Crippen molar-refractivity contribution in [1.29, 1.82) is 0 Å². The van der Waals surface area contributed by atoms with Gasteiger partial charge in [0.15, 0.2) is 0 Å². The average molecular weight is 257 g/mol. The van der Waals surface area contributed by atoms with E-state index in [0.29, 0.717) is 6.04 Å². The van der Waals surface area contributed by atoms with Gasteiger partial charge in [-0.15, -0.1) is 0 Å². The number of aryl methyl sites for hydroxylation is 1. The zero-order valence-corrected chi connectivity index (χ0v) is 11.6. The highest BCUT2D eigenvalue weighted by atomic mass is 16.5. The van der Waals surface area contributed by atoms with Gasteiger partial charge in [0.2, 0.25) is 0 Å². The molecule has 2 aromatic rings. The normalized spacial score (nSPS) is 14.5.